The molecule has 0 aliphatic heterocycles. The van der Waals surface area contributed by atoms with Crippen molar-refractivity contribution in [1.29, 1.82) is 0 Å². The quantitative estimate of drug-likeness (QED) is 0.685. The molecule has 0 aromatic carbocycles. The number of carbonyl (C=O) groups excluding carboxylic acids is 1. The van der Waals surface area contributed by atoms with E-state index >= 15 is 0 Å². The summed E-state index contributed by atoms with van der Waals surface area (Å²) in [7, 11) is 3.91. The lowest BCUT2D eigenvalue weighted by Gasteiger charge is -2.33. The van der Waals surface area contributed by atoms with Crippen LogP contribution in [-0.2, 0) is 4.79 Å². The first-order valence-corrected chi connectivity index (χ1v) is 4.75. The SMILES string of the molecule is CN(C)C(C)(C)CNC(=O)C(C)(C)O. The van der Waals surface area contributed by atoms with Crippen LogP contribution in [0.3, 0.4) is 0 Å². The number of hydrogen-bond donors (Lipinski definition) is 2. The Morgan fingerprint density at radius 3 is 2.00 bits per heavy atom. The summed E-state index contributed by atoms with van der Waals surface area (Å²) in [6.07, 6.45) is 0. The topological polar surface area (TPSA) is 52.6 Å². The van der Waals surface area contributed by atoms with E-state index in [9.17, 15) is 9.90 Å². The van der Waals surface area contributed by atoms with Crippen molar-refractivity contribution in [1.82, 2.24) is 10.2 Å². The molecule has 0 aliphatic carbocycles. The highest BCUT2D eigenvalue weighted by Crippen LogP contribution is 2.09. The Morgan fingerprint density at radius 1 is 1.29 bits per heavy atom. The number of hydrogen-bond acceptors (Lipinski definition) is 3. The first-order chi connectivity index (χ1) is 6.07. The van der Waals surface area contributed by atoms with Gasteiger partial charge in [0, 0.05) is 12.1 Å². The first-order valence-electron chi connectivity index (χ1n) is 4.75. The standard InChI is InChI=1S/C10H22N2O2/c1-9(2,12(5)6)7-11-8(13)10(3,4)14/h14H,7H2,1-6H3,(H,11,13). The minimum Gasteiger partial charge on any atom is -0.381 e. The molecule has 4 nitrogen and oxygen atoms in total. The van der Waals surface area contributed by atoms with Gasteiger partial charge in [-0.05, 0) is 41.8 Å². The van der Waals surface area contributed by atoms with Gasteiger partial charge in [-0.2, -0.15) is 0 Å². The fourth-order valence-corrected chi connectivity index (χ4v) is 0.671. The van der Waals surface area contributed by atoms with Gasteiger partial charge in [0.2, 0.25) is 0 Å². The molecule has 0 heterocycles. The van der Waals surface area contributed by atoms with E-state index in [1.807, 2.05) is 32.8 Å². The molecule has 4 heteroatoms. The van der Waals surface area contributed by atoms with Gasteiger partial charge in [-0.25, -0.2) is 0 Å². The van der Waals surface area contributed by atoms with Crippen molar-refractivity contribution in [2.45, 2.75) is 38.8 Å². The highest BCUT2D eigenvalue weighted by atomic mass is 16.3. The molecule has 0 aromatic heterocycles. The van der Waals surface area contributed by atoms with Gasteiger partial charge in [0.25, 0.3) is 5.91 Å². The van der Waals surface area contributed by atoms with E-state index in [2.05, 4.69) is 5.32 Å². The molecule has 2 N–H and O–H groups in total. The van der Waals surface area contributed by atoms with Gasteiger partial charge < -0.3 is 15.3 Å². The number of carbonyl (C=O) groups is 1. The van der Waals surface area contributed by atoms with Crippen molar-refractivity contribution in [2.24, 2.45) is 0 Å². The van der Waals surface area contributed by atoms with Crippen LogP contribution >= 0.6 is 0 Å². The minimum absolute atomic E-state index is 0.110. The van der Waals surface area contributed by atoms with Gasteiger partial charge in [-0.15, -0.1) is 0 Å². The number of aliphatic hydroxyl groups is 1. The molecule has 0 saturated carbocycles. The second-order valence-corrected chi connectivity index (χ2v) is 4.95. The van der Waals surface area contributed by atoms with Gasteiger partial charge in [-0.1, -0.05) is 0 Å². The van der Waals surface area contributed by atoms with Crippen LogP contribution in [0.25, 0.3) is 0 Å². The second kappa shape index (κ2) is 4.28. The molecule has 14 heavy (non-hydrogen) atoms. The number of rotatable bonds is 4. The van der Waals surface area contributed by atoms with E-state index in [0.29, 0.717) is 6.54 Å². The van der Waals surface area contributed by atoms with Crippen LogP contribution in [-0.4, -0.2) is 47.7 Å². The summed E-state index contributed by atoms with van der Waals surface area (Å²) in [4.78, 5) is 13.4. The average molecular weight is 202 g/mol. The van der Waals surface area contributed by atoms with Crippen LogP contribution in [0.15, 0.2) is 0 Å². The minimum atomic E-state index is -1.30. The average Bonchev–Trinajstić information content (AvgIpc) is 1.98. The first kappa shape index (κ1) is 13.4. The molecule has 0 rings (SSSR count). The lowest BCUT2D eigenvalue weighted by Crippen LogP contribution is -2.52. The second-order valence-electron chi connectivity index (χ2n) is 4.95. The van der Waals surface area contributed by atoms with E-state index in [-0.39, 0.29) is 11.4 Å². The molecule has 1 amide bonds. The Morgan fingerprint density at radius 2 is 1.71 bits per heavy atom. The fraction of sp³-hybridized carbons (Fsp3) is 0.900. The molecule has 0 unspecified atom stereocenters. The van der Waals surface area contributed by atoms with Gasteiger partial charge in [-0.3, -0.25) is 4.79 Å². The van der Waals surface area contributed by atoms with Crippen LogP contribution < -0.4 is 5.32 Å². The zero-order valence-corrected chi connectivity index (χ0v) is 10.0. The van der Waals surface area contributed by atoms with Crippen LogP contribution in [0, 0.1) is 0 Å². The summed E-state index contributed by atoms with van der Waals surface area (Å²) in [6.45, 7) is 7.52. The Bertz CT molecular complexity index is 205. The highest BCUT2D eigenvalue weighted by Gasteiger charge is 2.27. The summed E-state index contributed by atoms with van der Waals surface area (Å²) >= 11 is 0. The summed E-state index contributed by atoms with van der Waals surface area (Å²) in [5.74, 6) is -0.340. The lowest BCUT2D eigenvalue weighted by atomic mass is 10.0. The maximum Gasteiger partial charge on any atom is 0.251 e. The van der Waals surface area contributed by atoms with Crippen LogP contribution in [0.2, 0.25) is 0 Å². The van der Waals surface area contributed by atoms with E-state index in [1.54, 1.807) is 0 Å². The number of nitrogens with one attached hydrogen (secondary N) is 1. The third kappa shape index (κ3) is 4.07. The van der Waals surface area contributed by atoms with E-state index in [0.717, 1.165) is 0 Å². The van der Waals surface area contributed by atoms with Crippen LogP contribution in [0.4, 0.5) is 0 Å². The molecular weight excluding hydrogens is 180 g/mol. The van der Waals surface area contributed by atoms with Crippen LogP contribution in [0.5, 0.6) is 0 Å². The third-order valence-corrected chi connectivity index (χ3v) is 2.45. The molecule has 0 spiro atoms. The Hall–Kier alpha value is -0.610. The van der Waals surface area contributed by atoms with Crippen molar-refractivity contribution in [3.63, 3.8) is 0 Å². The number of nitrogens with zero attached hydrogens (tertiary/aromatic N) is 1. The molecule has 0 bridgehead atoms. The van der Waals surface area contributed by atoms with E-state index < -0.39 is 5.60 Å². The zero-order chi connectivity index (χ0) is 11.6. The number of likely N-dealkylation sites (N-methyl/N-ethyl adjacent to an activating group) is 1. The number of amides is 1. The monoisotopic (exact) mass is 202 g/mol. The van der Waals surface area contributed by atoms with Crippen LogP contribution in [0.1, 0.15) is 27.7 Å². The van der Waals surface area contributed by atoms with Gasteiger partial charge in [0.15, 0.2) is 0 Å². The zero-order valence-electron chi connectivity index (χ0n) is 10.0. The summed E-state index contributed by atoms with van der Waals surface area (Å²) < 4.78 is 0. The van der Waals surface area contributed by atoms with Gasteiger partial charge >= 0.3 is 0 Å². The molecule has 0 radical (unpaired) electrons. The Labute approximate surface area is 86.3 Å². The van der Waals surface area contributed by atoms with Crippen molar-refractivity contribution in [3.8, 4) is 0 Å². The summed E-state index contributed by atoms with van der Waals surface area (Å²) in [6, 6.07) is 0. The summed E-state index contributed by atoms with van der Waals surface area (Å²) in [5, 5.41) is 12.1. The van der Waals surface area contributed by atoms with E-state index in [1.165, 1.54) is 13.8 Å². The molecule has 0 aromatic rings. The van der Waals surface area contributed by atoms with Crippen molar-refractivity contribution < 1.29 is 9.90 Å². The predicted octanol–water partition coefficient (Wildman–Crippen LogP) is 0.214. The highest BCUT2D eigenvalue weighted by molar-refractivity contribution is 5.83. The maximum atomic E-state index is 11.4. The molecule has 84 valence electrons. The largest absolute Gasteiger partial charge is 0.381 e. The van der Waals surface area contributed by atoms with Crippen molar-refractivity contribution in [3.05, 3.63) is 0 Å². The maximum absolute atomic E-state index is 11.4. The van der Waals surface area contributed by atoms with Crippen molar-refractivity contribution in [2.75, 3.05) is 20.6 Å². The molecule has 0 aliphatic rings. The van der Waals surface area contributed by atoms with Gasteiger partial charge in [0.05, 0.1) is 0 Å². The van der Waals surface area contributed by atoms with Crippen molar-refractivity contribution >= 4 is 5.91 Å². The molecular formula is C10H22N2O2. The predicted molar refractivity (Wildman–Crippen MR) is 57.1 cm³/mol. The third-order valence-electron chi connectivity index (χ3n) is 2.45. The molecule has 0 saturated heterocycles. The fourth-order valence-electron chi connectivity index (χ4n) is 0.671. The normalized spacial score (nSPS) is 13.1. The van der Waals surface area contributed by atoms with Gasteiger partial charge in [0.1, 0.15) is 5.60 Å². The Balaban J connectivity index is 4.14. The smallest absolute Gasteiger partial charge is 0.251 e. The van der Waals surface area contributed by atoms with E-state index in [4.69, 9.17) is 0 Å². The Kier molecular flexibility index (Phi) is 4.09. The molecule has 0 atom stereocenters. The molecule has 0 fully saturated rings. The lowest BCUT2D eigenvalue weighted by molar-refractivity contribution is -0.136. The summed E-state index contributed by atoms with van der Waals surface area (Å²) in [5.41, 5.74) is -1.41.